The monoisotopic (exact) mass is 490 g/mol. The Morgan fingerprint density at radius 3 is 2.52 bits per heavy atom. The molecule has 0 aliphatic heterocycles. The van der Waals surface area contributed by atoms with Gasteiger partial charge >= 0.3 is 5.97 Å². The minimum absolute atomic E-state index is 0.118. The molecular weight excluding hydrogens is 467 g/mol. The van der Waals surface area contributed by atoms with Crippen LogP contribution in [0.25, 0.3) is 10.4 Å². The molecule has 2 aromatic carbocycles. The summed E-state index contributed by atoms with van der Waals surface area (Å²) in [5.74, 6) is -2.11. The molecule has 2 N–H and O–H groups in total. The van der Waals surface area contributed by atoms with Crippen LogP contribution in [0.4, 0.5) is 10.1 Å². The smallest absolute Gasteiger partial charge is 0.338 e. The molecule has 0 radical (unpaired) electrons. The normalized spacial score (nSPS) is 14.7. The number of aromatic carboxylic acids is 1. The van der Waals surface area contributed by atoms with Gasteiger partial charge in [-0.05, 0) is 36.0 Å². The molecule has 1 aliphatic rings. The molecule has 33 heavy (non-hydrogen) atoms. The number of methoxy groups -OCH3 is 1. The van der Waals surface area contributed by atoms with Gasteiger partial charge in [0.15, 0.2) is 0 Å². The molecule has 0 atom stereocenters. The van der Waals surface area contributed by atoms with Crippen molar-refractivity contribution in [1.82, 2.24) is 4.98 Å². The van der Waals surface area contributed by atoms with Crippen molar-refractivity contribution in [3.63, 3.8) is 0 Å². The number of benzene rings is 2. The zero-order valence-corrected chi connectivity index (χ0v) is 19.5. The molecule has 1 heterocycles. The zero-order valence-electron chi connectivity index (χ0n) is 17.9. The van der Waals surface area contributed by atoms with Gasteiger partial charge < -0.3 is 9.84 Å². The van der Waals surface area contributed by atoms with Gasteiger partial charge in [-0.15, -0.1) is 11.3 Å². The van der Waals surface area contributed by atoms with Crippen LogP contribution in [0.1, 0.15) is 53.9 Å². The van der Waals surface area contributed by atoms with Crippen molar-refractivity contribution < 1.29 is 27.4 Å². The van der Waals surface area contributed by atoms with Gasteiger partial charge in [-0.2, -0.15) is 8.42 Å². The van der Waals surface area contributed by atoms with E-state index >= 15 is 0 Å². The van der Waals surface area contributed by atoms with E-state index in [1.165, 1.54) is 51.0 Å². The van der Waals surface area contributed by atoms with E-state index in [0.717, 1.165) is 29.0 Å². The lowest BCUT2D eigenvalue weighted by molar-refractivity contribution is 0.0691. The molecule has 1 saturated carbocycles. The average Bonchev–Trinajstić information content (AvgIpc) is 3.31. The third kappa shape index (κ3) is 5.01. The highest BCUT2D eigenvalue weighted by Crippen LogP contribution is 2.36. The maximum Gasteiger partial charge on any atom is 0.338 e. The number of carbonyl (C=O) groups is 1. The van der Waals surface area contributed by atoms with Crippen molar-refractivity contribution in [3.05, 3.63) is 59.5 Å². The SMILES string of the molecule is COc1cc(C(=O)O)c(F)cc1NS(=O)(=O)c1ncc(-c2ccc(C3CCCCC3)cc2)s1. The highest BCUT2D eigenvalue weighted by atomic mass is 32.2. The summed E-state index contributed by atoms with van der Waals surface area (Å²) in [5, 5.41) is 9.05. The number of hydrogen-bond acceptors (Lipinski definition) is 6. The van der Waals surface area contributed by atoms with E-state index in [4.69, 9.17) is 9.84 Å². The first-order valence-corrected chi connectivity index (χ1v) is 12.8. The Hall–Kier alpha value is -2.98. The summed E-state index contributed by atoms with van der Waals surface area (Å²) in [4.78, 5) is 15.8. The maximum atomic E-state index is 14.1. The van der Waals surface area contributed by atoms with E-state index in [2.05, 4.69) is 21.8 Å². The number of thiazole rings is 1. The first-order valence-electron chi connectivity index (χ1n) is 10.5. The molecule has 3 aromatic rings. The molecule has 0 spiro atoms. The van der Waals surface area contributed by atoms with E-state index in [1.54, 1.807) is 0 Å². The number of nitrogens with one attached hydrogen (secondary N) is 1. The Balaban J connectivity index is 1.55. The molecule has 4 rings (SSSR count). The van der Waals surface area contributed by atoms with Gasteiger partial charge in [-0.1, -0.05) is 43.5 Å². The first kappa shape index (κ1) is 23.2. The van der Waals surface area contributed by atoms with Crippen LogP contribution in [0.15, 0.2) is 46.9 Å². The van der Waals surface area contributed by atoms with Crippen LogP contribution in [0.2, 0.25) is 0 Å². The summed E-state index contributed by atoms with van der Waals surface area (Å²) in [7, 11) is -2.91. The Labute approximate surface area is 195 Å². The fraction of sp³-hybridized carbons (Fsp3) is 0.304. The lowest BCUT2D eigenvalue weighted by Crippen LogP contribution is -2.14. The van der Waals surface area contributed by atoms with Crippen molar-refractivity contribution >= 4 is 33.0 Å². The summed E-state index contributed by atoms with van der Waals surface area (Å²) in [6.45, 7) is 0. The molecule has 0 unspecified atom stereocenters. The molecule has 0 saturated heterocycles. The first-order chi connectivity index (χ1) is 15.8. The van der Waals surface area contributed by atoms with Crippen LogP contribution in [-0.2, 0) is 10.0 Å². The number of carboxylic acid groups (broad SMARTS) is 1. The number of rotatable bonds is 7. The van der Waals surface area contributed by atoms with Crippen LogP contribution < -0.4 is 9.46 Å². The highest BCUT2D eigenvalue weighted by Gasteiger charge is 2.24. The molecule has 1 aliphatic carbocycles. The average molecular weight is 491 g/mol. The van der Waals surface area contributed by atoms with Gasteiger partial charge in [0, 0.05) is 12.3 Å². The Morgan fingerprint density at radius 2 is 1.88 bits per heavy atom. The number of halogens is 1. The van der Waals surface area contributed by atoms with Crippen LogP contribution in [-0.4, -0.2) is 31.6 Å². The lowest BCUT2D eigenvalue weighted by Gasteiger charge is -2.22. The predicted octanol–water partition coefficient (Wildman–Crippen LogP) is 5.50. The van der Waals surface area contributed by atoms with Crippen LogP contribution >= 0.6 is 11.3 Å². The second-order valence-electron chi connectivity index (χ2n) is 7.89. The number of nitrogens with zero attached hydrogens (tertiary/aromatic N) is 1. The Kier molecular flexibility index (Phi) is 6.66. The van der Waals surface area contributed by atoms with Gasteiger partial charge in [0.2, 0.25) is 4.34 Å². The van der Waals surface area contributed by atoms with Crippen LogP contribution in [0, 0.1) is 5.82 Å². The van der Waals surface area contributed by atoms with Crippen molar-refractivity contribution in [2.45, 2.75) is 42.4 Å². The van der Waals surface area contributed by atoms with E-state index in [0.29, 0.717) is 10.8 Å². The topological polar surface area (TPSA) is 106 Å². The summed E-state index contributed by atoms with van der Waals surface area (Å²) in [6, 6.07) is 9.84. The van der Waals surface area contributed by atoms with Gasteiger partial charge in [0.25, 0.3) is 10.0 Å². The second kappa shape index (κ2) is 9.48. The molecular formula is C23H23FN2O5S2. The quantitative estimate of drug-likeness (QED) is 0.453. The minimum Gasteiger partial charge on any atom is -0.495 e. The molecule has 174 valence electrons. The predicted molar refractivity (Wildman–Crippen MR) is 124 cm³/mol. The lowest BCUT2D eigenvalue weighted by atomic mass is 9.84. The van der Waals surface area contributed by atoms with Gasteiger partial charge in [0.1, 0.15) is 11.6 Å². The van der Waals surface area contributed by atoms with E-state index in [9.17, 15) is 17.6 Å². The minimum atomic E-state index is -4.14. The third-order valence-corrected chi connectivity index (χ3v) is 8.55. The highest BCUT2D eigenvalue weighted by molar-refractivity contribution is 7.94. The van der Waals surface area contributed by atoms with Crippen molar-refractivity contribution in [2.75, 3.05) is 11.8 Å². The number of sulfonamides is 1. The number of aromatic nitrogens is 1. The fourth-order valence-corrected chi connectivity index (χ4v) is 6.24. The number of hydrogen-bond donors (Lipinski definition) is 2. The van der Waals surface area contributed by atoms with E-state index in [-0.39, 0.29) is 15.8 Å². The van der Waals surface area contributed by atoms with Crippen LogP contribution in [0.3, 0.4) is 0 Å². The largest absolute Gasteiger partial charge is 0.495 e. The Bertz CT molecular complexity index is 1270. The number of anilines is 1. The molecule has 0 bridgehead atoms. The standard InChI is InChI=1S/C23H23FN2O5S2/c1-31-20-11-17(22(27)28)18(24)12-19(20)26-33(29,30)23-25-13-21(32-23)16-9-7-15(8-10-16)14-5-3-2-4-6-14/h7-14,26H,2-6H2,1H3,(H,27,28). The van der Waals surface area contributed by atoms with Crippen LogP contribution in [0.5, 0.6) is 5.75 Å². The molecule has 1 aromatic heterocycles. The van der Waals surface area contributed by atoms with Crippen molar-refractivity contribution in [1.29, 1.82) is 0 Å². The third-order valence-electron chi connectivity index (χ3n) is 5.75. The summed E-state index contributed by atoms with van der Waals surface area (Å²) in [5.41, 5.74) is 1.33. The summed E-state index contributed by atoms with van der Waals surface area (Å²) >= 11 is 0.989. The summed E-state index contributed by atoms with van der Waals surface area (Å²) < 4.78 is 46.9. The molecule has 7 nitrogen and oxygen atoms in total. The molecule has 1 fully saturated rings. The molecule has 0 amide bonds. The van der Waals surface area contributed by atoms with Gasteiger partial charge in [-0.25, -0.2) is 14.2 Å². The van der Waals surface area contributed by atoms with Gasteiger partial charge in [0.05, 0.1) is 23.2 Å². The molecule has 10 heteroatoms. The Morgan fingerprint density at radius 1 is 1.18 bits per heavy atom. The van der Waals surface area contributed by atoms with Crippen molar-refractivity contribution in [3.8, 4) is 16.2 Å². The summed E-state index contributed by atoms with van der Waals surface area (Å²) in [6.07, 6.45) is 7.69. The number of ether oxygens (including phenoxy) is 1. The van der Waals surface area contributed by atoms with E-state index < -0.39 is 27.4 Å². The van der Waals surface area contributed by atoms with E-state index in [1.807, 2.05) is 12.1 Å². The second-order valence-corrected chi connectivity index (χ2v) is 10.8. The zero-order chi connectivity index (χ0) is 23.6. The maximum absolute atomic E-state index is 14.1. The van der Waals surface area contributed by atoms with Gasteiger partial charge in [-0.3, -0.25) is 4.72 Å². The fourth-order valence-electron chi connectivity index (χ4n) is 4.03. The van der Waals surface area contributed by atoms with Crippen molar-refractivity contribution in [2.24, 2.45) is 0 Å². The number of carboxylic acids is 1.